The molecule has 2 aromatic heterocycles. The van der Waals surface area contributed by atoms with Gasteiger partial charge in [0, 0.05) is 48.8 Å². The number of likely N-dealkylation sites (N-methyl/N-ethyl adjacent to an activating group) is 1. The van der Waals surface area contributed by atoms with Gasteiger partial charge >= 0.3 is 5.97 Å². The van der Waals surface area contributed by atoms with Crippen molar-refractivity contribution >= 4 is 16.9 Å². The SMILES string of the molecule is COc1c(-c2cc3n(c2)C[C@@H](C)N(C)C3)c(F)cc2c(=O)c(C(=O)O)cn(C3CC3)c12. The highest BCUT2D eigenvalue weighted by Gasteiger charge is 2.31. The van der Waals surface area contributed by atoms with Crippen LogP contribution in [0.4, 0.5) is 4.39 Å². The first-order valence-electron chi connectivity index (χ1n) is 10.4. The summed E-state index contributed by atoms with van der Waals surface area (Å²) in [6.07, 6.45) is 5.04. The smallest absolute Gasteiger partial charge is 0.341 e. The molecule has 0 bridgehead atoms. The number of methoxy groups -OCH3 is 1. The molecule has 1 N–H and O–H groups in total. The standard InChI is InChI=1S/C23H24FN3O4/c1-12-8-26-9-13(6-15(26)10-25(12)2)19-18(24)7-16-20(22(19)31-3)27(14-4-5-14)11-17(21(16)28)23(29)30/h6-7,9,11-12,14H,4-5,8,10H2,1-3H3,(H,29,30)/t12-/m1/s1. The van der Waals surface area contributed by atoms with Crippen molar-refractivity contribution in [2.24, 2.45) is 0 Å². The molecular weight excluding hydrogens is 401 g/mol. The van der Waals surface area contributed by atoms with Crippen molar-refractivity contribution in [3.63, 3.8) is 0 Å². The minimum atomic E-state index is -1.32. The van der Waals surface area contributed by atoms with Crippen LogP contribution in [-0.4, -0.2) is 45.3 Å². The van der Waals surface area contributed by atoms with Crippen molar-refractivity contribution in [3.8, 4) is 16.9 Å². The normalized spacial score (nSPS) is 18.9. The first-order valence-corrected chi connectivity index (χ1v) is 10.4. The zero-order chi connectivity index (χ0) is 22.0. The maximum Gasteiger partial charge on any atom is 0.341 e. The van der Waals surface area contributed by atoms with Crippen LogP contribution in [0.5, 0.6) is 5.75 Å². The molecule has 162 valence electrons. The summed E-state index contributed by atoms with van der Waals surface area (Å²) in [4.78, 5) is 26.7. The number of aromatic carboxylic acids is 1. The lowest BCUT2D eigenvalue weighted by atomic mass is 10.0. The third kappa shape index (κ3) is 3.05. The molecule has 1 aliphatic carbocycles. The molecule has 8 heteroatoms. The number of halogens is 1. The summed E-state index contributed by atoms with van der Waals surface area (Å²) in [5.74, 6) is -1.65. The van der Waals surface area contributed by atoms with Crippen LogP contribution in [0, 0.1) is 5.82 Å². The van der Waals surface area contributed by atoms with Crippen LogP contribution in [0.15, 0.2) is 29.3 Å². The van der Waals surface area contributed by atoms with E-state index in [0.717, 1.165) is 37.7 Å². The van der Waals surface area contributed by atoms with Crippen LogP contribution in [0.1, 0.15) is 41.9 Å². The first kappa shape index (κ1) is 19.8. The largest absolute Gasteiger partial charge is 0.494 e. The fourth-order valence-corrected chi connectivity index (χ4v) is 4.54. The Labute approximate surface area is 178 Å². The zero-order valence-electron chi connectivity index (χ0n) is 17.7. The van der Waals surface area contributed by atoms with E-state index in [0.29, 0.717) is 22.7 Å². The van der Waals surface area contributed by atoms with E-state index in [1.165, 1.54) is 13.3 Å². The van der Waals surface area contributed by atoms with Crippen molar-refractivity contribution < 1.29 is 19.0 Å². The van der Waals surface area contributed by atoms with Gasteiger partial charge in [-0.25, -0.2) is 9.18 Å². The lowest BCUT2D eigenvalue weighted by Gasteiger charge is -2.31. The van der Waals surface area contributed by atoms with Gasteiger partial charge in [0.25, 0.3) is 0 Å². The van der Waals surface area contributed by atoms with Crippen molar-refractivity contribution in [1.82, 2.24) is 14.0 Å². The molecule has 1 aromatic carbocycles. The summed E-state index contributed by atoms with van der Waals surface area (Å²) in [5, 5.41) is 9.50. The summed E-state index contributed by atoms with van der Waals surface area (Å²) in [7, 11) is 3.52. The summed E-state index contributed by atoms with van der Waals surface area (Å²) in [5.41, 5.74) is 1.46. The second kappa shape index (κ2) is 6.95. The highest BCUT2D eigenvalue weighted by atomic mass is 19.1. The fourth-order valence-electron chi connectivity index (χ4n) is 4.54. The molecule has 1 aliphatic heterocycles. The molecule has 0 amide bonds. The van der Waals surface area contributed by atoms with Crippen LogP contribution >= 0.6 is 0 Å². The Morgan fingerprint density at radius 3 is 2.65 bits per heavy atom. The Bertz CT molecular complexity index is 1260. The predicted octanol–water partition coefficient (Wildman–Crippen LogP) is 3.48. The van der Waals surface area contributed by atoms with Gasteiger partial charge in [0.2, 0.25) is 5.43 Å². The van der Waals surface area contributed by atoms with Crippen molar-refractivity contribution in [2.45, 2.75) is 44.9 Å². The number of carboxylic acids is 1. The van der Waals surface area contributed by atoms with Crippen molar-refractivity contribution in [1.29, 1.82) is 0 Å². The number of aromatic nitrogens is 2. The number of rotatable bonds is 4. The Balaban J connectivity index is 1.80. The molecule has 0 radical (unpaired) electrons. The van der Waals surface area contributed by atoms with E-state index in [-0.39, 0.29) is 22.7 Å². The minimum absolute atomic E-state index is 0.0298. The molecule has 0 saturated heterocycles. The van der Waals surface area contributed by atoms with Gasteiger partial charge in [-0.1, -0.05) is 0 Å². The molecule has 7 nitrogen and oxygen atoms in total. The van der Waals surface area contributed by atoms with E-state index in [4.69, 9.17) is 4.74 Å². The van der Waals surface area contributed by atoms with Gasteiger partial charge in [-0.05, 0) is 38.9 Å². The predicted molar refractivity (Wildman–Crippen MR) is 114 cm³/mol. The maximum atomic E-state index is 15.4. The van der Waals surface area contributed by atoms with Gasteiger partial charge < -0.3 is 19.0 Å². The van der Waals surface area contributed by atoms with Gasteiger partial charge in [-0.2, -0.15) is 0 Å². The van der Waals surface area contributed by atoms with E-state index in [1.807, 2.05) is 12.3 Å². The number of pyridine rings is 1. The number of nitrogens with zero attached hydrogens (tertiary/aromatic N) is 3. The summed E-state index contributed by atoms with van der Waals surface area (Å²) in [6, 6.07) is 3.56. The number of ether oxygens (including phenoxy) is 1. The Hall–Kier alpha value is -3.13. The topological polar surface area (TPSA) is 76.7 Å². The number of benzene rings is 1. The van der Waals surface area contributed by atoms with E-state index in [9.17, 15) is 14.7 Å². The monoisotopic (exact) mass is 425 g/mol. The molecule has 1 atom stereocenters. The molecule has 0 unspecified atom stereocenters. The quantitative estimate of drug-likeness (QED) is 0.693. The molecule has 3 aromatic rings. The van der Waals surface area contributed by atoms with E-state index >= 15 is 4.39 Å². The molecular formula is C23H24FN3O4. The second-order valence-corrected chi connectivity index (χ2v) is 8.61. The average Bonchev–Trinajstić information content (AvgIpc) is 3.49. The number of hydrogen-bond acceptors (Lipinski definition) is 4. The molecule has 31 heavy (non-hydrogen) atoms. The maximum absolute atomic E-state index is 15.4. The van der Waals surface area contributed by atoms with Crippen LogP contribution in [0.2, 0.25) is 0 Å². The molecule has 2 aliphatic rings. The lowest BCUT2D eigenvalue weighted by Crippen LogP contribution is -2.37. The Kier molecular flexibility index (Phi) is 4.44. The Morgan fingerprint density at radius 1 is 1.26 bits per heavy atom. The molecule has 0 spiro atoms. The van der Waals surface area contributed by atoms with E-state index in [2.05, 4.69) is 23.4 Å². The van der Waals surface area contributed by atoms with Crippen LogP contribution < -0.4 is 10.2 Å². The number of carbonyl (C=O) groups is 1. The summed E-state index contributed by atoms with van der Waals surface area (Å²) in [6.45, 7) is 3.71. The van der Waals surface area contributed by atoms with Crippen molar-refractivity contribution in [3.05, 3.63) is 51.8 Å². The number of carboxylic acid groups (broad SMARTS) is 1. The fraction of sp³-hybridized carbons (Fsp3) is 0.391. The number of hydrogen-bond donors (Lipinski definition) is 1. The van der Waals surface area contributed by atoms with E-state index in [1.54, 1.807) is 4.57 Å². The molecule has 3 heterocycles. The lowest BCUT2D eigenvalue weighted by molar-refractivity contribution is 0.0695. The van der Waals surface area contributed by atoms with Gasteiger partial charge in [0.05, 0.1) is 23.6 Å². The summed E-state index contributed by atoms with van der Waals surface area (Å²) < 4.78 is 25.0. The average molecular weight is 425 g/mol. The van der Waals surface area contributed by atoms with E-state index < -0.39 is 17.2 Å². The number of fused-ring (bicyclic) bond motifs is 2. The molecule has 1 fully saturated rings. The Morgan fingerprint density at radius 2 is 2.00 bits per heavy atom. The van der Waals surface area contributed by atoms with Gasteiger partial charge in [0.1, 0.15) is 11.4 Å². The van der Waals surface area contributed by atoms with Gasteiger partial charge in [-0.15, -0.1) is 0 Å². The summed E-state index contributed by atoms with van der Waals surface area (Å²) >= 11 is 0. The highest BCUT2D eigenvalue weighted by molar-refractivity contribution is 5.98. The third-order valence-corrected chi connectivity index (χ3v) is 6.50. The van der Waals surface area contributed by atoms with Crippen molar-refractivity contribution in [2.75, 3.05) is 14.2 Å². The van der Waals surface area contributed by atoms with Gasteiger partial charge in [-0.3, -0.25) is 9.69 Å². The minimum Gasteiger partial charge on any atom is -0.494 e. The first-order chi connectivity index (χ1) is 14.8. The zero-order valence-corrected chi connectivity index (χ0v) is 17.7. The molecule has 1 saturated carbocycles. The van der Waals surface area contributed by atoms with Crippen LogP contribution in [0.25, 0.3) is 22.0 Å². The second-order valence-electron chi connectivity index (χ2n) is 8.61. The van der Waals surface area contributed by atoms with Crippen LogP contribution in [-0.2, 0) is 13.1 Å². The molecule has 5 rings (SSSR count). The highest BCUT2D eigenvalue weighted by Crippen LogP contribution is 2.44. The third-order valence-electron chi connectivity index (χ3n) is 6.50. The van der Waals surface area contributed by atoms with Gasteiger partial charge in [0.15, 0.2) is 5.75 Å². The van der Waals surface area contributed by atoms with Crippen LogP contribution in [0.3, 0.4) is 0 Å².